The molecule has 2 nitrogen and oxygen atoms in total. The number of phenols is 1. The largest absolute Gasteiger partial charge is 0.508 e. The third-order valence-corrected chi connectivity index (χ3v) is 3.63. The van der Waals surface area contributed by atoms with E-state index >= 15 is 0 Å². The molecule has 94 valence electrons. The van der Waals surface area contributed by atoms with Crippen LogP contribution in [0.25, 0.3) is 0 Å². The third kappa shape index (κ3) is 2.26. The van der Waals surface area contributed by atoms with Gasteiger partial charge < -0.3 is 9.84 Å². The zero-order valence-corrected chi connectivity index (χ0v) is 11.4. The molecule has 0 aromatic heterocycles. The number of rotatable bonds is 1. The lowest BCUT2D eigenvalue weighted by molar-refractivity contribution is 0.0637. The summed E-state index contributed by atoms with van der Waals surface area (Å²) in [5.74, 6) is 2.33. The van der Waals surface area contributed by atoms with Crippen molar-refractivity contribution in [2.45, 2.75) is 52.6 Å². The Morgan fingerprint density at radius 2 is 2.00 bits per heavy atom. The molecule has 0 spiro atoms. The van der Waals surface area contributed by atoms with Crippen LogP contribution < -0.4 is 4.74 Å². The summed E-state index contributed by atoms with van der Waals surface area (Å²) in [5.41, 5.74) is 1.91. The Bertz CT molecular complexity index is 433. The van der Waals surface area contributed by atoms with Gasteiger partial charge in [-0.15, -0.1) is 0 Å². The lowest BCUT2D eigenvalue weighted by Gasteiger charge is -2.39. The van der Waals surface area contributed by atoms with E-state index in [1.54, 1.807) is 0 Å². The molecule has 1 aromatic rings. The van der Waals surface area contributed by atoms with Gasteiger partial charge in [-0.3, -0.25) is 0 Å². The smallest absolute Gasteiger partial charge is 0.124 e. The average molecular weight is 234 g/mol. The van der Waals surface area contributed by atoms with Gasteiger partial charge in [-0.1, -0.05) is 13.8 Å². The van der Waals surface area contributed by atoms with Gasteiger partial charge in [0.2, 0.25) is 0 Å². The molecule has 1 aliphatic heterocycles. The molecule has 1 unspecified atom stereocenters. The van der Waals surface area contributed by atoms with Crippen molar-refractivity contribution < 1.29 is 9.84 Å². The molecule has 0 fully saturated rings. The zero-order chi connectivity index (χ0) is 12.8. The summed E-state index contributed by atoms with van der Waals surface area (Å²) in [6, 6.07) is 3.84. The number of benzene rings is 1. The van der Waals surface area contributed by atoms with Gasteiger partial charge in [0.05, 0.1) is 0 Å². The summed E-state index contributed by atoms with van der Waals surface area (Å²) in [5, 5.41) is 9.85. The minimum Gasteiger partial charge on any atom is -0.508 e. The fourth-order valence-electron chi connectivity index (χ4n) is 2.64. The summed E-state index contributed by atoms with van der Waals surface area (Å²) < 4.78 is 6.02. The zero-order valence-electron chi connectivity index (χ0n) is 11.4. The van der Waals surface area contributed by atoms with E-state index < -0.39 is 0 Å². The van der Waals surface area contributed by atoms with Crippen LogP contribution in [0.5, 0.6) is 11.5 Å². The number of aromatic hydroxyl groups is 1. The first-order chi connectivity index (χ1) is 7.80. The highest BCUT2D eigenvalue weighted by Crippen LogP contribution is 2.46. The molecule has 2 rings (SSSR count). The van der Waals surface area contributed by atoms with Gasteiger partial charge in [-0.25, -0.2) is 0 Å². The van der Waals surface area contributed by atoms with Crippen LogP contribution >= 0.6 is 0 Å². The molecule has 1 aromatic carbocycles. The molecule has 0 bridgehead atoms. The highest BCUT2D eigenvalue weighted by Gasteiger charge is 2.35. The van der Waals surface area contributed by atoms with Crippen molar-refractivity contribution in [1.82, 2.24) is 0 Å². The van der Waals surface area contributed by atoms with Crippen LogP contribution in [-0.4, -0.2) is 10.7 Å². The van der Waals surface area contributed by atoms with Crippen LogP contribution in [-0.2, 0) is 0 Å². The molecule has 1 heterocycles. The fourth-order valence-corrected chi connectivity index (χ4v) is 2.64. The average Bonchev–Trinajstić information content (AvgIpc) is 2.18. The minimum absolute atomic E-state index is 0.120. The number of hydrogen-bond acceptors (Lipinski definition) is 2. The summed E-state index contributed by atoms with van der Waals surface area (Å²) in [6.45, 7) is 10.6. The van der Waals surface area contributed by atoms with Crippen molar-refractivity contribution in [2.24, 2.45) is 5.92 Å². The number of phenolic OH excluding ortho intramolecular Hbond substituents is 1. The maximum Gasteiger partial charge on any atom is 0.124 e. The van der Waals surface area contributed by atoms with E-state index in [2.05, 4.69) is 27.7 Å². The first kappa shape index (κ1) is 12.3. The van der Waals surface area contributed by atoms with Crippen LogP contribution in [0.15, 0.2) is 12.1 Å². The number of fused-ring (bicyclic) bond motifs is 1. The van der Waals surface area contributed by atoms with Crippen LogP contribution in [0, 0.1) is 12.8 Å². The van der Waals surface area contributed by atoms with E-state index in [0.29, 0.717) is 17.6 Å². The van der Waals surface area contributed by atoms with E-state index in [1.807, 2.05) is 19.1 Å². The maximum absolute atomic E-state index is 9.85. The normalized spacial score (nSPS) is 22.1. The van der Waals surface area contributed by atoms with Crippen LogP contribution in [0.2, 0.25) is 0 Å². The van der Waals surface area contributed by atoms with E-state index in [0.717, 1.165) is 23.3 Å². The molecule has 0 saturated heterocycles. The molecule has 17 heavy (non-hydrogen) atoms. The predicted molar refractivity (Wildman–Crippen MR) is 69.7 cm³/mol. The molecular weight excluding hydrogens is 212 g/mol. The van der Waals surface area contributed by atoms with Gasteiger partial charge in [0.15, 0.2) is 0 Å². The Morgan fingerprint density at radius 1 is 1.35 bits per heavy atom. The Hall–Kier alpha value is -1.18. The molecule has 1 atom stereocenters. The fraction of sp³-hybridized carbons (Fsp3) is 0.600. The summed E-state index contributed by atoms with van der Waals surface area (Å²) in [6.07, 6.45) is 1.00. The summed E-state index contributed by atoms with van der Waals surface area (Å²) in [4.78, 5) is 0. The van der Waals surface area contributed by atoms with Crippen LogP contribution in [0.3, 0.4) is 0 Å². The van der Waals surface area contributed by atoms with Gasteiger partial charge in [-0.05, 0) is 56.7 Å². The lowest BCUT2D eigenvalue weighted by Crippen LogP contribution is -2.36. The monoisotopic (exact) mass is 234 g/mol. The molecule has 0 saturated carbocycles. The minimum atomic E-state index is -0.120. The van der Waals surface area contributed by atoms with Crippen molar-refractivity contribution >= 4 is 0 Å². The van der Waals surface area contributed by atoms with Gasteiger partial charge in [-0.2, -0.15) is 0 Å². The highest BCUT2D eigenvalue weighted by molar-refractivity contribution is 5.48. The Labute approximate surface area is 104 Å². The molecule has 1 N–H and O–H groups in total. The first-order valence-corrected chi connectivity index (χ1v) is 6.33. The Kier molecular flexibility index (Phi) is 2.84. The second kappa shape index (κ2) is 3.94. The maximum atomic E-state index is 9.85. The molecule has 0 amide bonds. The van der Waals surface area contributed by atoms with E-state index in [9.17, 15) is 5.11 Å². The number of aryl methyl sites for hydroxylation is 1. The first-order valence-electron chi connectivity index (χ1n) is 6.33. The lowest BCUT2D eigenvalue weighted by atomic mass is 9.78. The van der Waals surface area contributed by atoms with Gasteiger partial charge in [0.1, 0.15) is 17.1 Å². The molecule has 1 aliphatic rings. The summed E-state index contributed by atoms with van der Waals surface area (Å²) in [7, 11) is 0. The van der Waals surface area contributed by atoms with Crippen molar-refractivity contribution in [2.75, 3.05) is 0 Å². The molecule has 2 heteroatoms. The van der Waals surface area contributed by atoms with Crippen molar-refractivity contribution in [3.8, 4) is 11.5 Å². The van der Waals surface area contributed by atoms with Gasteiger partial charge >= 0.3 is 0 Å². The Morgan fingerprint density at radius 3 is 2.59 bits per heavy atom. The standard InChI is InChI=1S/C15H22O2/c1-9(2)12-8-15(4,5)17-14-6-10(3)13(16)7-11(12)14/h6-7,9,12,16H,8H2,1-5H3. The Balaban J connectivity index is 2.53. The molecule has 0 radical (unpaired) electrons. The second-order valence-electron chi connectivity index (χ2n) is 6.09. The van der Waals surface area contributed by atoms with Crippen molar-refractivity contribution in [3.05, 3.63) is 23.3 Å². The topological polar surface area (TPSA) is 29.5 Å². The van der Waals surface area contributed by atoms with Crippen LogP contribution in [0.4, 0.5) is 0 Å². The third-order valence-electron chi connectivity index (χ3n) is 3.63. The predicted octanol–water partition coefficient (Wildman–Crippen LogP) is 4.00. The second-order valence-corrected chi connectivity index (χ2v) is 6.09. The molecular formula is C15H22O2. The molecule has 0 aliphatic carbocycles. The number of hydrogen-bond donors (Lipinski definition) is 1. The van der Waals surface area contributed by atoms with E-state index in [4.69, 9.17) is 4.74 Å². The highest BCUT2D eigenvalue weighted by atomic mass is 16.5. The van der Waals surface area contributed by atoms with Gasteiger partial charge in [0, 0.05) is 5.56 Å². The van der Waals surface area contributed by atoms with E-state index in [-0.39, 0.29) is 5.60 Å². The van der Waals surface area contributed by atoms with Crippen LogP contribution in [0.1, 0.15) is 51.2 Å². The SMILES string of the molecule is Cc1cc2c(cc1O)C(C(C)C)CC(C)(C)O2. The summed E-state index contributed by atoms with van der Waals surface area (Å²) >= 11 is 0. The van der Waals surface area contributed by atoms with Crippen molar-refractivity contribution in [1.29, 1.82) is 0 Å². The van der Waals surface area contributed by atoms with Crippen molar-refractivity contribution in [3.63, 3.8) is 0 Å². The van der Waals surface area contributed by atoms with Gasteiger partial charge in [0.25, 0.3) is 0 Å². The van der Waals surface area contributed by atoms with E-state index in [1.165, 1.54) is 0 Å². The quantitative estimate of drug-likeness (QED) is 0.795. The number of ether oxygens (including phenoxy) is 1.